The van der Waals surface area contributed by atoms with Crippen molar-refractivity contribution in [3.8, 4) is 11.5 Å². The van der Waals surface area contributed by atoms with Crippen LogP contribution in [-0.2, 0) is 13.0 Å². The highest BCUT2D eigenvalue weighted by atomic mass is 16.5. The van der Waals surface area contributed by atoms with Crippen LogP contribution in [0.25, 0.3) is 0 Å². The molecular weight excluding hydrogens is 318 g/mol. The van der Waals surface area contributed by atoms with E-state index in [2.05, 4.69) is 10.3 Å². The van der Waals surface area contributed by atoms with E-state index >= 15 is 0 Å². The van der Waals surface area contributed by atoms with Crippen molar-refractivity contribution in [3.63, 3.8) is 0 Å². The molecule has 0 bridgehead atoms. The van der Waals surface area contributed by atoms with Crippen LogP contribution in [-0.4, -0.2) is 35.7 Å². The van der Waals surface area contributed by atoms with Gasteiger partial charge < -0.3 is 19.7 Å². The molecule has 0 fully saturated rings. The minimum atomic E-state index is -0.224. The molecule has 1 unspecified atom stereocenters. The highest BCUT2D eigenvalue weighted by molar-refractivity contribution is 5.91. The van der Waals surface area contributed by atoms with Gasteiger partial charge in [-0.3, -0.25) is 4.98 Å². The summed E-state index contributed by atoms with van der Waals surface area (Å²) < 4.78 is 11.5. The quantitative estimate of drug-likeness (QED) is 0.904. The number of amides is 2. The van der Waals surface area contributed by atoms with Crippen molar-refractivity contribution in [2.45, 2.75) is 32.9 Å². The number of fused-ring (bicyclic) bond motifs is 1. The van der Waals surface area contributed by atoms with Crippen molar-refractivity contribution in [1.29, 1.82) is 0 Å². The maximum absolute atomic E-state index is 12.5. The molecule has 0 radical (unpaired) electrons. The van der Waals surface area contributed by atoms with E-state index in [1.807, 2.05) is 44.2 Å². The van der Waals surface area contributed by atoms with E-state index in [9.17, 15) is 4.79 Å². The minimum Gasteiger partial charge on any atom is -0.492 e. The van der Waals surface area contributed by atoms with Crippen molar-refractivity contribution < 1.29 is 14.3 Å². The van der Waals surface area contributed by atoms with E-state index in [1.54, 1.807) is 18.1 Å². The number of aromatic nitrogens is 1. The van der Waals surface area contributed by atoms with E-state index < -0.39 is 0 Å². The van der Waals surface area contributed by atoms with Gasteiger partial charge in [-0.25, -0.2) is 4.79 Å². The number of hydrogen-bond donors (Lipinski definition) is 1. The largest absolute Gasteiger partial charge is 0.492 e. The molecule has 6 nitrogen and oxygen atoms in total. The first kappa shape index (κ1) is 17.1. The molecule has 0 saturated heterocycles. The van der Waals surface area contributed by atoms with Crippen molar-refractivity contribution in [1.82, 2.24) is 9.88 Å². The molecule has 2 heterocycles. The summed E-state index contributed by atoms with van der Waals surface area (Å²) in [7, 11) is 1.73. The van der Waals surface area contributed by atoms with E-state index in [0.29, 0.717) is 24.6 Å². The lowest BCUT2D eigenvalue weighted by molar-refractivity contribution is 0.220. The van der Waals surface area contributed by atoms with E-state index in [-0.39, 0.29) is 12.1 Å². The summed E-state index contributed by atoms with van der Waals surface area (Å²) in [6.07, 6.45) is 2.71. The molecule has 2 aromatic rings. The third-order valence-electron chi connectivity index (χ3n) is 4.01. The number of nitrogens with zero attached hydrogens (tertiary/aromatic N) is 2. The van der Waals surface area contributed by atoms with Crippen LogP contribution in [0, 0.1) is 0 Å². The standard InChI is InChI=1S/C19H23N3O3/c1-4-24-18-10-14-9-13(2)25-17(14)11-16(18)21-19(23)22(3)12-15-7-5-6-8-20-15/h5-8,10-11,13H,4,9,12H2,1-3H3,(H,21,23). The Kier molecular flexibility index (Phi) is 5.07. The van der Waals surface area contributed by atoms with Gasteiger partial charge in [-0.05, 0) is 32.0 Å². The molecule has 3 rings (SSSR count). The van der Waals surface area contributed by atoms with Gasteiger partial charge in [-0.1, -0.05) is 6.07 Å². The number of ether oxygens (including phenoxy) is 2. The first-order valence-corrected chi connectivity index (χ1v) is 8.45. The third kappa shape index (κ3) is 4.02. The fourth-order valence-corrected chi connectivity index (χ4v) is 2.83. The van der Waals surface area contributed by atoms with E-state index in [1.165, 1.54) is 0 Å². The Labute approximate surface area is 147 Å². The van der Waals surface area contributed by atoms with Gasteiger partial charge in [0.2, 0.25) is 0 Å². The van der Waals surface area contributed by atoms with Gasteiger partial charge in [0, 0.05) is 31.3 Å². The van der Waals surface area contributed by atoms with Crippen molar-refractivity contribution in [2.75, 3.05) is 19.0 Å². The molecule has 1 aromatic heterocycles. The monoisotopic (exact) mass is 341 g/mol. The molecule has 0 aliphatic carbocycles. The van der Waals surface area contributed by atoms with Crippen LogP contribution in [0.4, 0.5) is 10.5 Å². The van der Waals surface area contributed by atoms with E-state index in [4.69, 9.17) is 9.47 Å². The molecule has 6 heteroatoms. The van der Waals surface area contributed by atoms with Gasteiger partial charge in [-0.15, -0.1) is 0 Å². The number of urea groups is 1. The number of rotatable bonds is 5. The summed E-state index contributed by atoms with van der Waals surface area (Å²) in [6, 6.07) is 9.22. The smallest absolute Gasteiger partial charge is 0.322 e. The maximum Gasteiger partial charge on any atom is 0.322 e. The number of pyridine rings is 1. The Hall–Kier alpha value is -2.76. The molecule has 132 valence electrons. The minimum absolute atomic E-state index is 0.141. The number of hydrogen-bond acceptors (Lipinski definition) is 4. The predicted octanol–water partition coefficient (Wildman–Crippen LogP) is 3.47. The summed E-state index contributed by atoms with van der Waals surface area (Å²) in [6.45, 7) is 4.90. The molecule has 1 N–H and O–H groups in total. The number of carbonyl (C=O) groups is 1. The predicted molar refractivity (Wildman–Crippen MR) is 96.1 cm³/mol. The van der Waals surface area contributed by atoms with Gasteiger partial charge in [0.15, 0.2) is 0 Å². The van der Waals surface area contributed by atoms with Gasteiger partial charge in [0.25, 0.3) is 0 Å². The molecule has 1 aliphatic rings. The highest BCUT2D eigenvalue weighted by Gasteiger charge is 2.23. The van der Waals surface area contributed by atoms with Crippen molar-refractivity contribution in [3.05, 3.63) is 47.8 Å². The topological polar surface area (TPSA) is 63.7 Å². The highest BCUT2D eigenvalue weighted by Crippen LogP contribution is 2.38. The molecule has 1 aromatic carbocycles. The maximum atomic E-state index is 12.5. The normalized spacial score (nSPS) is 15.2. The summed E-state index contributed by atoms with van der Waals surface area (Å²) in [5.74, 6) is 1.47. The second-order valence-electron chi connectivity index (χ2n) is 6.13. The number of carbonyl (C=O) groups excluding carboxylic acids is 1. The lowest BCUT2D eigenvalue weighted by Gasteiger charge is -2.19. The van der Waals surface area contributed by atoms with Crippen LogP contribution in [0.15, 0.2) is 36.5 Å². The summed E-state index contributed by atoms with van der Waals surface area (Å²) >= 11 is 0. The SMILES string of the molecule is CCOc1cc2c(cc1NC(=O)N(C)Cc1ccccn1)OC(C)C2. The van der Waals surface area contributed by atoms with Gasteiger partial charge in [-0.2, -0.15) is 0 Å². The zero-order valence-electron chi connectivity index (χ0n) is 14.8. The Balaban J connectivity index is 1.75. The zero-order chi connectivity index (χ0) is 17.8. The van der Waals surface area contributed by atoms with Gasteiger partial charge in [0.1, 0.15) is 17.6 Å². The molecule has 2 amide bonds. The zero-order valence-corrected chi connectivity index (χ0v) is 14.8. The molecule has 25 heavy (non-hydrogen) atoms. The molecule has 0 spiro atoms. The van der Waals surface area contributed by atoms with E-state index in [0.717, 1.165) is 23.4 Å². The third-order valence-corrected chi connectivity index (χ3v) is 4.01. The Morgan fingerprint density at radius 1 is 1.44 bits per heavy atom. The van der Waals surface area contributed by atoms with Crippen LogP contribution in [0.5, 0.6) is 11.5 Å². The van der Waals surface area contributed by atoms with Crippen LogP contribution in [0.2, 0.25) is 0 Å². The Morgan fingerprint density at radius 3 is 3.00 bits per heavy atom. The summed E-state index contributed by atoms with van der Waals surface area (Å²) in [5.41, 5.74) is 2.56. The average molecular weight is 341 g/mol. The van der Waals surface area contributed by atoms with Gasteiger partial charge in [0.05, 0.1) is 24.5 Å². The summed E-state index contributed by atoms with van der Waals surface area (Å²) in [5, 5.41) is 2.91. The second kappa shape index (κ2) is 7.42. The van der Waals surface area contributed by atoms with Crippen LogP contribution >= 0.6 is 0 Å². The lowest BCUT2D eigenvalue weighted by atomic mass is 10.1. The fourth-order valence-electron chi connectivity index (χ4n) is 2.83. The second-order valence-corrected chi connectivity index (χ2v) is 6.13. The number of anilines is 1. The van der Waals surface area contributed by atoms with Crippen LogP contribution in [0.3, 0.4) is 0 Å². The van der Waals surface area contributed by atoms with Crippen LogP contribution < -0.4 is 14.8 Å². The van der Waals surface area contributed by atoms with Crippen LogP contribution in [0.1, 0.15) is 25.1 Å². The summed E-state index contributed by atoms with van der Waals surface area (Å²) in [4.78, 5) is 18.4. The molecule has 1 atom stereocenters. The number of benzene rings is 1. The Bertz CT molecular complexity index is 749. The Morgan fingerprint density at radius 2 is 2.28 bits per heavy atom. The van der Waals surface area contributed by atoms with Crippen molar-refractivity contribution >= 4 is 11.7 Å². The van der Waals surface area contributed by atoms with Gasteiger partial charge >= 0.3 is 6.03 Å². The lowest BCUT2D eigenvalue weighted by Crippen LogP contribution is -2.31. The molecule has 0 saturated carbocycles. The first-order valence-electron chi connectivity index (χ1n) is 8.45. The number of nitrogens with one attached hydrogen (secondary N) is 1. The van der Waals surface area contributed by atoms with Crippen molar-refractivity contribution in [2.24, 2.45) is 0 Å². The fraction of sp³-hybridized carbons (Fsp3) is 0.368. The average Bonchev–Trinajstić information content (AvgIpc) is 2.95. The molecular formula is C19H23N3O3. The molecule has 1 aliphatic heterocycles. The first-order chi connectivity index (χ1) is 12.1.